The smallest absolute Gasteiger partial charge is 0.0684 e. The summed E-state index contributed by atoms with van der Waals surface area (Å²) in [6.45, 7) is 13.0. The number of aliphatic hydroxyl groups is 1. The van der Waals surface area contributed by atoms with Crippen LogP contribution in [0.5, 0.6) is 0 Å². The van der Waals surface area contributed by atoms with Crippen LogP contribution in [0, 0.1) is 17.3 Å². The molecule has 1 nitrogen and oxygen atoms in total. The molecule has 3 unspecified atom stereocenters. The molecule has 0 saturated heterocycles. The fourth-order valence-corrected chi connectivity index (χ4v) is 2.85. The van der Waals surface area contributed by atoms with Crippen molar-refractivity contribution in [1.29, 1.82) is 0 Å². The Labute approximate surface area is 94.6 Å². The van der Waals surface area contributed by atoms with Crippen molar-refractivity contribution in [1.82, 2.24) is 0 Å². The molecule has 0 spiro atoms. The molecule has 0 saturated carbocycles. The first kappa shape index (κ1) is 12.8. The van der Waals surface area contributed by atoms with Crippen LogP contribution in [0.2, 0.25) is 0 Å². The van der Waals surface area contributed by atoms with E-state index in [9.17, 15) is 5.11 Å². The highest BCUT2D eigenvalue weighted by Crippen LogP contribution is 2.50. The standard InChI is InChI=1S/C14H26O/c1-7-10(2)14(6,15)12-9-8-11(3)13(12,4)5/h8,10,12,15H,7,9H2,1-6H3. The summed E-state index contributed by atoms with van der Waals surface area (Å²) in [7, 11) is 0. The molecule has 0 bridgehead atoms. The van der Waals surface area contributed by atoms with Crippen LogP contribution in [0.3, 0.4) is 0 Å². The number of hydrogen-bond donors (Lipinski definition) is 1. The zero-order chi connectivity index (χ0) is 11.9. The van der Waals surface area contributed by atoms with Crippen molar-refractivity contribution in [2.24, 2.45) is 17.3 Å². The van der Waals surface area contributed by atoms with Crippen LogP contribution < -0.4 is 0 Å². The highest BCUT2D eigenvalue weighted by molar-refractivity contribution is 5.21. The third kappa shape index (κ3) is 1.99. The maximum absolute atomic E-state index is 10.7. The predicted octanol–water partition coefficient (Wildman–Crippen LogP) is 3.78. The zero-order valence-corrected chi connectivity index (χ0v) is 11.1. The summed E-state index contributed by atoms with van der Waals surface area (Å²) in [5.41, 5.74) is 1.02. The molecule has 88 valence electrons. The van der Waals surface area contributed by atoms with Gasteiger partial charge in [-0.3, -0.25) is 0 Å². The molecule has 0 aromatic carbocycles. The molecule has 1 heteroatoms. The number of allylic oxidation sites excluding steroid dienone is 2. The quantitative estimate of drug-likeness (QED) is 0.703. The van der Waals surface area contributed by atoms with Crippen molar-refractivity contribution < 1.29 is 5.11 Å². The summed E-state index contributed by atoms with van der Waals surface area (Å²) in [6, 6.07) is 0. The summed E-state index contributed by atoms with van der Waals surface area (Å²) < 4.78 is 0. The van der Waals surface area contributed by atoms with Crippen molar-refractivity contribution in [3.05, 3.63) is 11.6 Å². The van der Waals surface area contributed by atoms with Crippen molar-refractivity contribution in [2.45, 2.75) is 60.0 Å². The zero-order valence-electron chi connectivity index (χ0n) is 11.1. The largest absolute Gasteiger partial charge is 0.390 e. The third-order valence-electron chi connectivity index (χ3n) is 4.86. The highest BCUT2D eigenvalue weighted by atomic mass is 16.3. The minimum absolute atomic E-state index is 0.146. The van der Waals surface area contributed by atoms with E-state index in [1.54, 1.807) is 0 Å². The maximum atomic E-state index is 10.7. The van der Waals surface area contributed by atoms with Crippen LogP contribution in [0.15, 0.2) is 11.6 Å². The molecule has 1 aliphatic rings. The molecule has 0 aromatic rings. The molecule has 0 radical (unpaired) electrons. The van der Waals surface area contributed by atoms with E-state index < -0.39 is 5.60 Å². The summed E-state index contributed by atoms with van der Waals surface area (Å²) in [4.78, 5) is 0. The van der Waals surface area contributed by atoms with E-state index in [1.165, 1.54) is 5.57 Å². The van der Waals surface area contributed by atoms with E-state index >= 15 is 0 Å². The summed E-state index contributed by atoms with van der Waals surface area (Å²) >= 11 is 0. The molecule has 3 atom stereocenters. The molecule has 0 fully saturated rings. The van der Waals surface area contributed by atoms with Gasteiger partial charge in [0.2, 0.25) is 0 Å². The molecule has 0 aliphatic heterocycles. The fourth-order valence-electron chi connectivity index (χ4n) is 2.85. The topological polar surface area (TPSA) is 20.2 Å². The van der Waals surface area contributed by atoms with Gasteiger partial charge in [0.25, 0.3) is 0 Å². The van der Waals surface area contributed by atoms with Crippen molar-refractivity contribution in [2.75, 3.05) is 0 Å². The SMILES string of the molecule is CCC(C)C(C)(O)C1CC=C(C)C1(C)C. The van der Waals surface area contributed by atoms with Gasteiger partial charge in [-0.15, -0.1) is 0 Å². The summed E-state index contributed by atoms with van der Waals surface area (Å²) in [5.74, 6) is 0.723. The van der Waals surface area contributed by atoms with Gasteiger partial charge in [-0.05, 0) is 37.5 Å². The lowest BCUT2D eigenvalue weighted by Crippen LogP contribution is -2.46. The van der Waals surface area contributed by atoms with Crippen LogP contribution in [0.25, 0.3) is 0 Å². The molecule has 0 amide bonds. The molecular formula is C14H26O. The van der Waals surface area contributed by atoms with Crippen molar-refractivity contribution >= 4 is 0 Å². The summed E-state index contributed by atoms with van der Waals surface area (Å²) in [6.07, 6.45) is 4.36. The van der Waals surface area contributed by atoms with Gasteiger partial charge in [-0.2, -0.15) is 0 Å². The van der Waals surface area contributed by atoms with E-state index in [4.69, 9.17) is 0 Å². The van der Waals surface area contributed by atoms with Crippen LogP contribution in [-0.2, 0) is 0 Å². The lowest BCUT2D eigenvalue weighted by molar-refractivity contribution is -0.0765. The molecule has 0 heterocycles. The van der Waals surface area contributed by atoms with Crippen LogP contribution in [-0.4, -0.2) is 10.7 Å². The first-order valence-electron chi connectivity index (χ1n) is 6.14. The van der Waals surface area contributed by atoms with Gasteiger partial charge in [0.05, 0.1) is 5.60 Å². The number of hydrogen-bond acceptors (Lipinski definition) is 1. The second-order valence-electron chi connectivity index (χ2n) is 5.93. The second-order valence-corrected chi connectivity index (χ2v) is 5.93. The number of rotatable bonds is 3. The average Bonchev–Trinajstić information content (AvgIpc) is 2.41. The monoisotopic (exact) mass is 210 g/mol. The Morgan fingerprint density at radius 2 is 2.13 bits per heavy atom. The minimum atomic E-state index is -0.549. The Morgan fingerprint density at radius 3 is 2.47 bits per heavy atom. The van der Waals surface area contributed by atoms with Gasteiger partial charge in [-0.1, -0.05) is 45.8 Å². The van der Waals surface area contributed by atoms with Gasteiger partial charge >= 0.3 is 0 Å². The van der Waals surface area contributed by atoms with E-state index in [1.807, 2.05) is 6.92 Å². The minimum Gasteiger partial charge on any atom is -0.390 e. The van der Waals surface area contributed by atoms with Crippen LogP contribution >= 0.6 is 0 Å². The molecule has 1 aliphatic carbocycles. The van der Waals surface area contributed by atoms with Crippen molar-refractivity contribution in [3.8, 4) is 0 Å². The van der Waals surface area contributed by atoms with E-state index in [2.05, 4.69) is 40.7 Å². The Balaban J connectivity index is 2.92. The predicted molar refractivity (Wildman–Crippen MR) is 65.7 cm³/mol. The molecule has 0 aromatic heterocycles. The molecule has 15 heavy (non-hydrogen) atoms. The van der Waals surface area contributed by atoms with Crippen LogP contribution in [0.4, 0.5) is 0 Å². The average molecular weight is 210 g/mol. The Hall–Kier alpha value is -0.300. The lowest BCUT2D eigenvalue weighted by atomic mass is 9.65. The molecular weight excluding hydrogens is 184 g/mol. The lowest BCUT2D eigenvalue weighted by Gasteiger charge is -2.43. The van der Waals surface area contributed by atoms with Crippen LogP contribution in [0.1, 0.15) is 54.4 Å². The van der Waals surface area contributed by atoms with Gasteiger partial charge in [0, 0.05) is 0 Å². The van der Waals surface area contributed by atoms with Gasteiger partial charge in [0.15, 0.2) is 0 Å². The van der Waals surface area contributed by atoms with Crippen molar-refractivity contribution in [3.63, 3.8) is 0 Å². The Morgan fingerprint density at radius 1 is 1.60 bits per heavy atom. The van der Waals surface area contributed by atoms with E-state index in [-0.39, 0.29) is 5.41 Å². The molecule has 1 N–H and O–H groups in total. The fraction of sp³-hybridized carbons (Fsp3) is 0.857. The third-order valence-corrected chi connectivity index (χ3v) is 4.86. The maximum Gasteiger partial charge on any atom is 0.0684 e. The first-order chi connectivity index (χ1) is 6.74. The Kier molecular flexibility index (Phi) is 3.35. The van der Waals surface area contributed by atoms with E-state index in [0.29, 0.717) is 11.8 Å². The van der Waals surface area contributed by atoms with Gasteiger partial charge in [-0.25, -0.2) is 0 Å². The Bertz CT molecular complexity index is 261. The van der Waals surface area contributed by atoms with Gasteiger partial charge in [0.1, 0.15) is 0 Å². The first-order valence-corrected chi connectivity index (χ1v) is 6.14. The molecule has 1 rings (SSSR count). The van der Waals surface area contributed by atoms with E-state index in [0.717, 1.165) is 12.8 Å². The second kappa shape index (κ2) is 3.93. The highest BCUT2D eigenvalue weighted by Gasteiger charge is 2.47. The normalized spacial score (nSPS) is 30.9. The summed E-state index contributed by atoms with van der Waals surface area (Å²) in [5, 5.41) is 10.7. The van der Waals surface area contributed by atoms with Gasteiger partial charge < -0.3 is 5.11 Å².